The Morgan fingerprint density at radius 2 is 1.27 bits per heavy atom. The van der Waals surface area contributed by atoms with Crippen LogP contribution in [0.5, 0.6) is 0 Å². The molecule has 0 aromatic carbocycles. The van der Waals surface area contributed by atoms with Crippen LogP contribution in [0.4, 0.5) is 0 Å². The maximum atomic E-state index is 14.7. The van der Waals surface area contributed by atoms with Gasteiger partial charge in [0.2, 0.25) is 0 Å². The number of cyclic esters (lactones) is 1. The highest BCUT2D eigenvalue weighted by Crippen LogP contribution is 2.40. The quantitative estimate of drug-likeness (QED) is 0.0353. The van der Waals surface area contributed by atoms with Gasteiger partial charge < -0.3 is 60.8 Å². The van der Waals surface area contributed by atoms with Gasteiger partial charge in [0.15, 0.2) is 43.8 Å². The summed E-state index contributed by atoms with van der Waals surface area (Å²) in [4.78, 5) is 31.5. The van der Waals surface area contributed by atoms with Crippen LogP contribution < -0.4 is 0 Å². The number of hydrogen-bond donors (Lipinski definition) is 0. The molecule has 3 aliphatic heterocycles. The van der Waals surface area contributed by atoms with E-state index in [1.807, 2.05) is 34.6 Å². The first-order valence-corrected chi connectivity index (χ1v) is 38.4. The van der Waals surface area contributed by atoms with E-state index in [0.29, 0.717) is 51.7 Å². The number of methoxy groups -OCH3 is 2. The largest absolute Gasteiger partial charge is 0.462 e. The lowest BCUT2D eigenvalue weighted by Crippen LogP contribution is -2.64. The number of alkyl halides is 1. The monoisotopic (exact) mass is 1180 g/mol. The molecule has 3 aliphatic rings. The molecule has 0 radical (unpaired) electrons. The molecule has 0 aromatic rings. The first kappa shape index (κ1) is 65.3. The summed E-state index contributed by atoms with van der Waals surface area (Å²) in [6.45, 7) is 37.0. The fourth-order valence-corrected chi connectivity index (χ4v) is 15.3. The van der Waals surface area contributed by atoms with Crippen molar-refractivity contribution in [2.45, 2.75) is 243 Å². The minimum atomic E-state index is -2.33. The number of ether oxygens (including phenoxy) is 9. The molecule has 0 spiro atoms. The van der Waals surface area contributed by atoms with E-state index in [2.05, 4.69) is 121 Å². The first-order chi connectivity index (χ1) is 33.0. The van der Waals surface area contributed by atoms with Gasteiger partial charge in [0.05, 0.1) is 53.5 Å². The number of carbonyl (C=O) groups excluding carboxylic acids is 2. The van der Waals surface area contributed by atoms with Gasteiger partial charge in [-0.3, -0.25) is 9.59 Å². The molecule has 0 amide bonds. The number of hydrogen-bond acceptors (Lipinski definition) is 15. The molecule has 0 saturated carbocycles. The molecule has 418 valence electrons. The molecule has 0 aliphatic carbocycles. The van der Waals surface area contributed by atoms with Gasteiger partial charge in [0.25, 0.3) is 0 Å². The van der Waals surface area contributed by atoms with E-state index >= 15 is 0 Å². The van der Waals surface area contributed by atoms with Crippen molar-refractivity contribution in [2.75, 3.05) is 48.1 Å². The Morgan fingerprint density at radius 3 is 1.79 bits per heavy atom. The lowest BCUT2D eigenvalue weighted by atomic mass is 9.78. The molecule has 18 atom stereocenters. The summed E-state index contributed by atoms with van der Waals surface area (Å²) in [6, 6.07) is -0.0132. The maximum Gasteiger partial charge on any atom is 0.308 e. The highest BCUT2D eigenvalue weighted by Gasteiger charge is 2.51. The molecule has 71 heavy (non-hydrogen) atoms. The average molecular weight is 1180 g/mol. The lowest BCUT2D eigenvalue weighted by Gasteiger charge is -2.50. The van der Waals surface area contributed by atoms with Crippen molar-refractivity contribution in [3.8, 4) is 0 Å². The third kappa shape index (κ3) is 20.7. The van der Waals surface area contributed by atoms with Gasteiger partial charge in [-0.15, -0.1) is 0 Å². The molecular weight excluding hydrogens is 1070 g/mol. The molecule has 15 nitrogen and oxygen atoms in total. The number of esters is 1. The molecule has 0 N–H and O–H groups in total. The van der Waals surface area contributed by atoms with Gasteiger partial charge in [0, 0.05) is 58.0 Å². The number of carbonyl (C=O) groups is 2. The van der Waals surface area contributed by atoms with E-state index < -0.39 is 80.4 Å². The van der Waals surface area contributed by atoms with Crippen molar-refractivity contribution < 1.29 is 65.5 Å². The average Bonchev–Trinajstić information content (AvgIpc) is 3.25. The second-order valence-corrected chi connectivity index (χ2v) is 38.7. The van der Waals surface area contributed by atoms with Gasteiger partial charge in [-0.1, -0.05) is 50.3 Å². The topological polar surface area (TPSA) is 148 Å². The van der Waals surface area contributed by atoms with Crippen LogP contribution in [0, 0.1) is 29.6 Å². The Labute approximate surface area is 448 Å². The van der Waals surface area contributed by atoms with Crippen LogP contribution in [0.25, 0.3) is 0 Å². The molecule has 1 unspecified atom stereocenters. The number of halogens is 1. The van der Waals surface area contributed by atoms with Crippen LogP contribution in [-0.2, 0) is 65.5 Å². The lowest BCUT2D eigenvalue weighted by molar-refractivity contribution is -0.302. The zero-order valence-corrected chi connectivity index (χ0v) is 53.2. The number of rotatable bonds is 21. The highest BCUT2D eigenvalue weighted by molar-refractivity contribution is 14.1. The summed E-state index contributed by atoms with van der Waals surface area (Å²) in [5.74, 6) is -1.19. The Kier molecular flexibility index (Phi) is 27.3. The van der Waals surface area contributed by atoms with Crippen LogP contribution in [0.1, 0.15) is 100 Å². The van der Waals surface area contributed by atoms with Crippen molar-refractivity contribution in [3.63, 3.8) is 0 Å². The van der Waals surface area contributed by atoms with Crippen LogP contribution >= 0.6 is 22.6 Å². The van der Waals surface area contributed by atoms with Crippen molar-refractivity contribution in [2.24, 2.45) is 29.6 Å². The number of ketones is 1. The molecule has 0 aromatic heterocycles. The Hall–Kier alpha value is 0.0406. The van der Waals surface area contributed by atoms with Crippen molar-refractivity contribution in [1.29, 1.82) is 0 Å². The summed E-state index contributed by atoms with van der Waals surface area (Å²) >= 11 is 2.50. The Balaban J connectivity index is 2.17. The zero-order chi connectivity index (χ0) is 53.8. The van der Waals surface area contributed by atoms with Crippen LogP contribution in [-0.4, -0.2) is 174 Å². The van der Waals surface area contributed by atoms with Gasteiger partial charge >= 0.3 is 5.97 Å². The number of likely N-dealkylation sites (N-methyl/N-ethyl adjacent to an activating group) is 1. The van der Waals surface area contributed by atoms with Crippen LogP contribution in [0.2, 0.25) is 58.9 Å². The van der Waals surface area contributed by atoms with E-state index in [1.165, 1.54) is 0 Å². The summed E-state index contributed by atoms with van der Waals surface area (Å²) in [7, 11) is 1.03. The second kappa shape index (κ2) is 29.7. The van der Waals surface area contributed by atoms with E-state index in [0.717, 1.165) is 0 Å². The van der Waals surface area contributed by atoms with Gasteiger partial charge in [0.1, 0.15) is 30.2 Å². The van der Waals surface area contributed by atoms with E-state index in [1.54, 1.807) is 14.2 Å². The smallest absolute Gasteiger partial charge is 0.308 e. The fraction of sp³-hybridized carbons (Fsp3) is 0.962. The predicted molar refractivity (Wildman–Crippen MR) is 295 cm³/mol. The molecule has 3 heterocycles. The summed E-state index contributed by atoms with van der Waals surface area (Å²) in [5, 5.41) is 0. The molecule has 3 saturated heterocycles. The minimum Gasteiger partial charge on any atom is -0.462 e. The first-order valence-electron chi connectivity index (χ1n) is 26.9. The predicted octanol–water partition coefficient (Wildman–Crippen LogP) is 10.1. The van der Waals surface area contributed by atoms with Crippen molar-refractivity contribution >= 4 is 59.3 Å². The van der Waals surface area contributed by atoms with E-state index in [4.69, 9.17) is 55.9 Å². The third-order valence-electron chi connectivity index (χ3n) is 14.0. The maximum absolute atomic E-state index is 14.7. The summed E-state index contributed by atoms with van der Waals surface area (Å²) in [5.41, 5.74) is 0. The summed E-state index contributed by atoms with van der Waals surface area (Å²) in [6.07, 6.45) is -2.61. The van der Waals surface area contributed by atoms with Crippen molar-refractivity contribution in [1.82, 2.24) is 4.90 Å². The van der Waals surface area contributed by atoms with Gasteiger partial charge in [-0.05, 0) is 138 Å². The van der Waals surface area contributed by atoms with Crippen LogP contribution in [0.15, 0.2) is 0 Å². The van der Waals surface area contributed by atoms with Gasteiger partial charge in [-0.25, -0.2) is 0 Å². The Bertz CT molecular complexity index is 1560. The second-order valence-electron chi connectivity index (χ2n) is 23.9. The Morgan fingerprint density at radius 1 is 0.704 bits per heavy atom. The SMILES string of the molecule is CCOC(C[C@H]1C[C@@H](C)C(=O)CCC(C)C[C@H](CO[C@@H]2O[C@H](C)[C@@H](O[Si](C)(C)C)[C@@H](OC)[C@H]2OC)[C@@H](CC)OC(=O)C[C@@H](O[Si](C)(C)C)[C@H](C)[C@H]1O[C@@H]1O[C@H](C)[C@@H](I)[C@H](N(C)C)[C@H]1O[Si](C)(C)C)OCC. The normalized spacial score (nSPS) is 37.1. The number of Topliss-reactive ketones (excluding diaryl/α,β-unsaturated/α-hetero) is 1. The highest BCUT2D eigenvalue weighted by atomic mass is 127. The molecule has 3 fully saturated rings. The summed E-state index contributed by atoms with van der Waals surface area (Å²) < 4.78 is 79.7. The minimum absolute atomic E-state index is 0.00237. The standard InChI is InChI=1S/C52H102INO14Si3/c1-22-40-38(31-61-51-50(58-12)49(57-11)47(36(8)63-51)67-70(16,17)18)27-32(4)25-26-39(55)33(5)28-37(29-43(59-23-2)60-24-3)46(34(6)41(30-42(56)64-40)66-69(13,14)15)65-52-48(68-71(19,20)21)45(54(9)10)44(53)35(7)62-52/h32-38,40-41,43-52H,22-31H2,1-21H3/t32?,33-,34+,35-,36-,37-,38-,40-,41-,44-,45+,46-,47-,48-,49-,50-,51-,52+/m1/s1. The molecule has 19 heteroatoms. The third-order valence-corrected chi connectivity index (χ3v) is 18.7. The number of nitrogens with zero attached hydrogens (tertiary/aromatic N) is 1. The zero-order valence-electron chi connectivity index (χ0n) is 48.1. The molecule has 0 bridgehead atoms. The van der Waals surface area contributed by atoms with Crippen LogP contribution in [0.3, 0.4) is 0 Å². The van der Waals surface area contributed by atoms with E-state index in [9.17, 15) is 9.59 Å². The van der Waals surface area contributed by atoms with E-state index in [-0.39, 0.29) is 82.6 Å². The van der Waals surface area contributed by atoms with Crippen molar-refractivity contribution in [3.05, 3.63) is 0 Å². The fourth-order valence-electron chi connectivity index (χ4n) is 10.7. The molecular formula is C52H102INO14Si3. The molecule has 3 rings (SSSR count). The van der Waals surface area contributed by atoms with Gasteiger partial charge in [-0.2, -0.15) is 0 Å².